The van der Waals surface area contributed by atoms with Crippen molar-refractivity contribution >= 4 is 23.5 Å². The van der Waals surface area contributed by atoms with Crippen LogP contribution in [0.5, 0.6) is 0 Å². The monoisotopic (exact) mass is 591 g/mol. The second-order valence-electron chi connectivity index (χ2n) is 11.8. The third kappa shape index (κ3) is 7.38. The molecule has 1 saturated carbocycles. The maximum Gasteiger partial charge on any atom is 0.274 e. The van der Waals surface area contributed by atoms with Gasteiger partial charge >= 0.3 is 0 Å². The van der Waals surface area contributed by atoms with Crippen LogP contribution in [0.25, 0.3) is 5.78 Å². The molecule has 1 aliphatic carbocycles. The van der Waals surface area contributed by atoms with E-state index in [0.717, 1.165) is 50.5 Å². The van der Waals surface area contributed by atoms with Gasteiger partial charge in [-0.15, -0.1) is 0 Å². The molecule has 2 fully saturated rings. The average molecular weight is 592 g/mol. The molecular formula is C32H42FN7O3. The molecule has 3 aromatic rings. The van der Waals surface area contributed by atoms with E-state index in [1.54, 1.807) is 60.1 Å². The van der Waals surface area contributed by atoms with Gasteiger partial charge in [-0.05, 0) is 75.8 Å². The number of hydrogen-bond acceptors (Lipinski definition) is 6. The van der Waals surface area contributed by atoms with Crippen LogP contribution in [0.3, 0.4) is 0 Å². The Labute approximate surface area is 252 Å². The number of imidazole rings is 1. The molecule has 0 bridgehead atoms. The number of likely N-dealkylation sites (N-methyl/N-ethyl adjacent to an activating group) is 1. The van der Waals surface area contributed by atoms with Gasteiger partial charge in [0.25, 0.3) is 5.91 Å². The van der Waals surface area contributed by atoms with Crippen molar-refractivity contribution in [2.45, 2.75) is 76.4 Å². The molecule has 3 amide bonds. The smallest absolute Gasteiger partial charge is 0.274 e. The van der Waals surface area contributed by atoms with Crippen LogP contribution in [0.2, 0.25) is 0 Å². The van der Waals surface area contributed by atoms with Gasteiger partial charge in [0.15, 0.2) is 0 Å². The normalized spacial score (nSPS) is 18.9. The summed E-state index contributed by atoms with van der Waals surface area (Å²) in [5, 5.41) is 6.05. The Morgan fingerprint density at radius 1 is 1.09 bits per heavy atom. The number of benzene rings is 1. The van der Waals surface area contributed by atoms with Gasteiger partial charge < -0.3 is 20.4 Å². The zero-order chi connectivity index (χ0) is 30.3. The highest BCUT2D eigenvalue weighted by atomic mass is 19.1. The van der Waals surface area contributed by atoms with Crippen LogP contribution in [0.4, 0.5) is 4.39 Å². The Morgan fingerprint density at radius 2 is 1.86 bits per heavy atom. The van der Waals surface area contributed by atoms with E-state index in [1.165, 1.54) is 12.1 Å². The molecule has 1 saturated heterocycles. The lowest BCUT2D eigenvalue weighted by Crippen LogP contribution is -2.57. The van der Waals surface area contributed by atoms with Gasteiger partial charge in [0, 0.05) is 44.3 Å². The highest BCUT2D eigenvalue weighted by Crippen LogP contribution is 2.30. The third-order valence-electron chi connectivity index (χ3n) is 8.93. The summed E-state index contributed by atoms with van der Waals surface area (Å²) in [6.45, 7) is 3.09. The van der Waals surface area contributed by atoms with E-state index in [4.69, 9.17) is 0 Å². The molecule has 2 aromatic heterocycles. The first-order valence-corrected chi connectivity index (χ1v) is 15.5. The fourth-order valence-corrected chi connectivity index (χ4v) is 6.29. The SMILES string of the molecule is CN[C@@H](C)C(=O)N[C@H](C(=O)N1CCC[C@H]1CN(CCc1ccc(F)cc1)C(=O)c1cn2cccnc2n1)C1CCCCC1. The number of amides is 3. The lowest BCUT2D eigenvalue weighted by molar-refractivity contribution is -0.139. The molecule has 0 spiro atoms. The predicted octanol–water partition coefficient (Wildman–Crippen LogP) is 3.22. The van der Waals surface area contributed by atoms with Crippen LogP contribution in [0, 0.1) is 11.7 Å². The standard InChI is InChI=1S/C32H42FN7O3/c1-22(34-2)29(41)37-28(24-8-4-3-5-9-24)31(43)40-18-6-10-26(40)20-38(19-15-23-11-13-25(33)14-12-23)30(42)27-21-39-17-7-16-35-32(39)36-27/h7,11-14,16-17,21-22,24,26,28,34H,3-6,8-10,15,18-20H2,1-2H3,(H,37,41)/t22-,26-,28-/m0/s1. The molecule has 0 unspecified atom stereocenters. The van der Waals surface area contributed by atoms with E-state index in [0.29, 0.717) is 31.8 Å². The Bertz CT molecular complexity index is 1370. The molecule has 1 aromatic carbocycles. The molecule has 10 nitrogen and oxygen atoms in total. The molecule has 230 valence electrons. The molecule has 2 N–H and O–H groups in total. The summed E-state index contributed by atoms with van der Waals surface area (Å²) in [5.41, 5.74) is 1.19. The molecule has 0 radical (unpaired) electrons. The van der Waals surface area contributed by atoms with Crippen LogP contribution >= 0.6 is 0 Å². The summed E-state index contributed by atoms with van der Waals surface area (Å²) in [6.07, 6.45) is 12.3. The number of carbonyl (C=O) groups excluding carboxylic acids is 3. The number of halogens is 1. The Morgan fingerprint density at radius 3 is 2.58 bits per heavy atom. The summed E-state index contributed by atoms with van der Waals surface area (Å²) >= 11 is 0. The number of likely N-dealkylation sites (tertiary alicyclic amines) is 1. The molecule has 3 heterocycles. The van der Waals surface area contributed by atoms with Crippen molar-refractivity contribution in [3.8, 4) is 0 Å². The van der Waals surface area contributed by atoms with Crippen LogP contribution in [-0.4, -0.2) is 86.7 Å². The van der Waals surface area contributed by atoms with Crippen molar-refractivity contribution in [1.29, 1.82) is 0 Å². The van der Waals surface area contributed by atoms with Crippen LogP contribution in [0.1, 0.15) is 67.9 Å². The first-order valence-electron chi connectivity index (χ1n) is 15.5. The lowest BCUT2D eigenvalue weighted by Gasteiger charge is -2.37. The van der Waals surface area contributed by atoms with Crippen LogP contribution in [0.15, 0.2) is 48.9 Å². The van der Waals surface area contributed by atoms with E-state index >= 15 is 0 Å². The lowest BCUT2D eigenvalue weighted by atomic mass is 9.83. The molecule has 11 heteroatoms. The minimum atomic E-state index is -0.586. The zero-order valence-electron chi connectivity index (χ0n) is 25.0. The Kier molecular flexibility index (Phi) is 10.0. The second-order valence-corrected chi connectivity index (χ2v) is 11.8. The van der Waals surface area contributed by atoms with E-state index in [1.807, 2.05) is 4.90 Å². The van der Waals surface area contributed by atoms with Crippen molar-refractivity contribution in [2.75, 3.05) is 26.7 Å². The summed E-state index contributed by atoms with van der Waals surface area (Å²) in [7, 11) is 1.73. The quantitative estimate of drug-likeness (QED) is 0.354. The maximum atomic E-state index is 14.2. The molecular weight excluding hydrogens is 549 g/mol. The molecule has 5 rings (SSSR count). The van der Waals surface area contributed by atoms with E-state index in [2.05, 4.69) is 20.6 Å². The number of fused-ring (bicyclic) bond motifs is 1. The fourth-order valence-electron chi connectivity index (χ4n) is 6.29. The summed E-state index contributed by atoms with van der Waals surface area (Å²) < 4.78 is 15.2. The number of rotatable bonds is 11. The number of nitrogens with zero attached hydrogens (tertiary/aromatic N) is 5. The number of carbonyl (C=O) groups is 3. The van der Waals surface area contributed by atoms with Crippen molar-refractivity contribution in [3.05, 3.63) is 66.0 Å². The minimum Gasteiger partial charge on any atom is -0.343 e. The fraction of sp³-hybridized carbons (Fsp3) is 0.531. The number of nitrogens with one attached hydrogen (secondary N) is 2. The highest BCUT2D eigenvalue weighted by molar-refractivity contribution is 5.93. The van der Waals surface area contributed by atoms with E-state index in [9.17, 15) is 18.8 Å². The largest absolute Gasteiger partial charge is 0.343 e. The summed E-state index contributed by atoms with van der Waals surface area (Å²) in [4.78, 5) is 53.3. The first kappa shape index (κ1) is 30.6. The van der Waals surface area contributed by atoms with E-state index < -0.39 is 12.1 Å². The average Bonchev–Trinajstić information content (AvgIpc) is 3.69. The molecule has 1 aliphatic heterocycles. The van der Waals surface area contributed by atoms with E-state index in [-0.39, 0.29) is 41.2 Å². The van der Waals surface area contributed by atoms with Gasteiger partial charge in [0.2, 0.25) is 17.6 Å². The Balaban J connectivity index is 1.36. The summed E-state index contributed by atoms with van der Waals surface area (Å²) in [5.74, 6) is -0.265. The summed E-state index contributed by atoms with van der Waals surface area (Å²) in [6, 6.07) is 6.87. The van der Waals surface area contributed by atoms with Gasteiger partial charge in [-0.3, -0.25) is 18.8 Å². The van der Waals surface area contributed by atoms with Gasteiger partial charge in [-0.2, -0.15) is 0 Å². The topological polar surface area (TPSA) is 112 Å². The number of aromatic nitrogens is 3. The van der Waals surface area contributed by atoms with Gasteiger partial charge in [0.1, 0.15) is 17.6 Å². The van der Waals surface area contributed by atoms with Crippen molar-refractivity contribution < 1.29 is 18.8 Å². The van der Waals surface area contributed by atoms with Crippen molar-refractivity contribution in [1.82, 2.24) is 34.8 Å². The molecule has 3 atom stereocenters. The molecule has 2 aliphatic rings. The van der Waals surface area contributed by atoms with Crippen molar-refractivity contribution in [2.24, 2.45) is 5.92 Å². The van der Waals surface area contributed by atoms with Crippen molar-refractivity contribution in [3.63, 3.8) is 0 Å². The zero-order valence-corrected chi connectivity index (χ0v) is 25.0. The van der Waals surface area contributed by atoms with Gasteiger partial charge in [-0.25, -0.2) is 14.4 Å². The maximum absolute atomic E-state index is 14.2. The van der Waals surface area contributed by atoms with Crippen LogP contribution in [-0.2, 0) is 16.0 Å². The van der Waals surface area contributed by atoms with Gasteiger partial charge in [-0.1, -0.05) is 31.4 Å². The third-order valence-corrected chi connectivity index (χ3v) is 8.93. The molecule has 43 heavy (non-hydrogen) atoms. The predicted molar refractivity (Wildman–Crippen MR) is 161 cm³/mol. The van der Waals surface area contributed by atoms with Crippen LogP contribution < -0.4 is 10.6 Å². The number of hydrogen-bond donors (Lipinski definition) is 2. The first-order chi connectivity index (χ1) is 20.8. The highest BCUT2D eigenvalue weighted by Gasteiger charge is 2.39. The Hall–Kier alpha value is -3.86. The second kappa shape index (κ2) is 14.1. The minimum absolute atomic E-state index is 0.0612. The van der Waals surface area contributed by atoms with Gasteiger partial charge in [0.05, 0.1) is 6.04 Å².